The number of aliphatic hydroxyl groups is 1. The van der Waals surface area contributed by atoms with Crippen molar-refractivity contribution in [2.75, 3.05) is 6.61 Å². The summed E-state index contributed by atoms with van der Waals surface area (Å²) in [6, 6.07) is 8.84. The fourth-order valence-electron chi connectivity index (χ4n) is 5.14. The molecule has 4 rings (SSSR count). The minimum atomic E-state index is -4.53. The highest BCUT2D eigenvalue weighted by Gasteiger charge is 2.58. The van der Waals surface area contributed by atoms with Crippen molar-refractivity contribution in [3.8, 4) is 17.2 Å². The molecule has 212 valence electrons. The molecule has 0 aliphatic rings. The normalized spacial score (nSPS) is 12.3. The van der Waals surface area contributed by atoms with Gasteiger partial charge < -0.3 is 5.11 Å². The van der Waals surface area contributed by atoms with Crippen molar-refractivity contribution in [3.05, 3.63) is 71.8 Å². The molecule has 1 heterocycles. The molecule has 9 heteroatoms. The Balaban J connectivity index is 1.61. The summed E-state index contributed by atoms with van der Waals surface area (Å²) in [4.78, 5) is 0. The zero-order valence-electron chi connectivity index (χ0n) is 21.9. The lowest BCUT2D eigenvalue weighted by molar-refractivity contribution is -0.259. The summed E-state index contributed by atoms with van der Waals surface area (Å²) in [7, 11) is 0. The number of halogens is 6. The molecule has 0 saturated heterocycles. The van der Waals surface area contributed by atoms with Crippen molar-refractivity contribution in [1.29, 1.82) is 5.26 Å². The van der Waals surface area contributed by atoms with Gasteiger partial charge in [-0.2, -0.15) is 22.8 Å². The molecule has 0 aliphatic heterocycles. The van der Waals surface area contributed by atoms with Crippen LogP contribution in [0.1, 0.15) is 63.4 Å². The highest BCUT2D eigenvalue weighted by Crippen LogP contribution is 2.47. The minimum Gasteiger partial charge on any atom is -0.396 e. The van der Waals surface area contributed by atoms with Gasteiger partial charge in [-0.1, -0.05) is 62.8 Å². The van der Waals surface area contributed by atoms with E-state index in [0.29, 0.717) is 22.8 Å². The van der Waals surface area contributed by atoms with Crippen molar-refractivity contribution in [3.63, 3.8) is 0 Å². The molecule has 0 spiro atoms. The van der Waals surface area contributed by atoms with Gasteiger partial charge in [0.2, 0.25) is 0 Å². The van der Waals surface area contributed by atoms with Gasteiger partial charge >= 0.3 is 12.0 Å². The van der Waals surface area contributed by atoms with Crippen LogP contribution >= 0.6 is 0 Å². The molecular weight excluding hydrogens is 530 g/mol. The SMILES string of the molecule is N#Cc1c(F)cc(-c2ccc3c(c2)c2ccccc2n3C(F)(F)C(F)(F)CCCCCCCCCCO)cc1F. The molecule has 4 aromatic rings. The third-order valence-electron chi connectivity index (χ3n) is 7.28. The first-order valence-corrected chi connectivity index (χ1v) is 13.4. The smallest absolute Gasteiger partial charge is 0.392 e. The molecular formula is C31H30F6N2O. The van der Waals surface area contributed by atoms with E-state index in [2.05, 4.69) is 0 Å². The average molecular weight is 561 g/mol. The zero-order valence-corrected chi connectivity index (χ0v) is 21.9. The first-order valence-electron chi connectivity index (χ1n) is 13.4. The van der Waals surface area contributed by atoms with E-state index in [-0.39, 0.29) is 40.6 Å². The number of rotatable bonds is 13. The second-order valence-electron chi connectivity index (χ2n) is 10.1. The molecule has 1 N–H and O–H groups in total. The van der Waals surface area contributed by atoms with Crippen LogP contribution < -0.4 is 0 Å². The Morgan fingerprint density at radius 2 is 1.27 bits per heavy atom. The maximum Gasteiger partial charge on any atom is 0.392 e. The van der Waals surface area contributed by atoms with Gasteiger partial charge in [-0.3, -0.25) is 4.57 Å². The van der Waals surface area contributed by atoms with Crippen LogP contribution in [0.5, 0.6) is 0 Å². The first kappa shape index (κ1) is 29.5. The highest BCUT2D eigenvalue weighted by atomic mass is 19.3. The minimum absolute atomic E-state index is 0.0453. The number of para-hydroxylation sites is 1. The summed E-state index contributed by atoms with van der Waals surface area (Å²) in [5.41, 5.74) is -0.588. The predicted octanol–water partition coefficient (Wildman–Crippen LogP) is 9.30. The van der Waals surface area contributed by atoms with Gasteiger partial charge in [-0.25, -0.2) is 8.78 Å². The van der Waals surface area contributed by atoms with Crippen molar-refractivity contribution in [2.45, 2.75) is 69.8 Å². The third kappa shape index (κ3) is 5.83. The van der Waals surface area contributed by atoms with Gasteiger partial charge in [0.1, 0.15) is 23.3 Å². The van der Waals surface area contributed by atoms with Crippen LogP contribution in [0, 0.1) is 23.0 Å². The average Bonchev–Trinajstić information content (AvgIpc) is 3.26. The standard InChI is InChI=1S/C31H30F6N2O/c32-26-18-22(19-27(33)25(26)20-38)21-13-14-29-24(17-21)23-11-7-8-12-28(23)39(29)31(36,37)30(34,35)15-9-5-3-1-2-4-6-10-16-40/h7-8,11-14,17-19,40H,1-6,9-10,15-16H2. The topological polar surface area (TPSA) is 49.0 Å². The largest absolute Gasteiger partial charge is 0.396 e. The number of aliphatic hydroxyl groups excluding tert-OH is 1. The Bertz CT molecular complexity index is 1500. The van der Waals surface area contributed by atoms with Crippen LogP contribution in [0.15, 0.2) is 54.6 Å². The molecule has 3 nitrogen and oxygen atoms in total. The number of aromatic nitrogens is 1. The van der Waals surface area contributed by atoms with E-state index in [1.807, 2.05) is 0 Å². The molecule has 0 fully saturated rings. The van der Waals surface area contributed by atoms with Crippen LogP contribution in [0.4, 0.5) is 26.3 Å². The highest BCUT2D eigenvalue weighted by molar-refractivity contribution is 6.09. The van der Waals surface area contributed by atoms with Crippen LogP contribution in [0.2, 0.25) is 0 Å². The van der Waals surface area contributed by atoms with Gasteiger partial charge in [0.05, 0.1) is 11.0 Å². The summed E-state index contributed by atoms with van der Waals surface area (Å²) < 4.78 is 90.4. The van der Waals surface area contributed by atoms with Gasteiger partial charge in [0.25, 0.3) is 0 Å². The van der Waals surface area contributed by atoms with E-state index in [1.165, 1.54) is 42.5 Å². The maximum absolute atomic E-state index is 15.7. The lowest BCUT2D eigenvalue weighted by Gasteiger charge is -2.29. The Morgan fingerprint density at radius 3 is 1.90 bits per heavy atom. The molecule has 0 unspecified atom stereocenters. The zero-order chi connectivity index (χ0) is 28.9. The van der Waals surface area contributed by atoms with Gasteiger partial charge in [-0.05, 0) is 54.3 Å². The first-order chi connectivity index (χ1) is 19.1. The molecule has 0 radical (unpaired) electrons. The fourth-order valence-corrected chi connectivity index (χ4v) is 5.14. The summed E-state index contributed by atoms with van der Waals surface area (Å²) in [6.45, 7) is 0.146. The lowest BCUT2D eigenvalue weighted by atomic mass is 10.0. The van der Waals surface area contributed by atoms with Crippen LogP contribution in [0.3, 0.4) is 0 Å². The van der Waals surface area contributed by atoms with Crippen molar-refractivity contribution < 1.29 is 31.4 Å². The monoisotopic (exact) mass is 560 g/mol. The summed E-state index contributed by atoms with van der Waals surface area (Å²) >= 11 is 0. The summed E-state index contributed by atoms with van der Waals surface area (Å²) in [5.74, 6) is -6.44. The van der Waals surface area contributed by atoms with Crippen molar-refractivity contribution in [1.82, 2.24) is 4.57 Å². The van der Waals surface area contributed by atoms with E-state index in [1.54, 1.807) is 6.07 Å². The second kappa shape index (κ2) is 12.3. The van der Waals surface area contributed by atoms with Gasteiger partial charge in [-0.15, -0.1) is 0 Å². The number of nitriles is 1. The lowest BCUT2D eigenvalue weighted by Crippen LogP contribution is -2.42. The third-order valence-corrected chi connectivity index (χ3v) is 7.28. The van der Waals surface area contributed by atoms with E-state index in [4.69, 9.17) is 10.4 Å². The molecule has 40 heavy (non-hydrogen) atoms. The fraction of sp³-hybridized carbons (Fsp3) is 0.387. The quantitative estimate of drug-likeness (QED) is 0.131. The van der Waals surface area contributed by atoms with Crippen LogP contribution in [0.25, 0.3) is 32.9 Å². The summed E-state index contributed by atoms with van der Waals surface area (Å²) in [5, 5.41) is 18.2. The van der Waals surface area contributed by atoms with Crippen LogP contribution in [-0.2, 0) is 6.05 Å². The van der Waals surface area contributed by atoms with Gasteiger partial charge in [0.15, 0.2) is 0 Å². The number of benzene rings is 3. The summed E-state index contributed by atoms with van der Waals surface area (Å²) in [6.07, 6.45) is 4.40. The molecule has 0 atom stereocenters. The number of unbranched alkanes of at least 4 members (excludes halogenated alkanes) is 7. The number of nitrogens with zero attached hydrogens (tertiary/aromatic N) is 2. The molecule has 0 aliphatic carbocycles. The van der Waals surface area contributed by atoms with E-state index >= 15 is 17.6 Å². The Hall–Kier alpha value is -3.51. The molecule has 3 aromatic carbocycles. The Kier molecular flexibility index (Phi) is 9.09. The predicted molar refractivity (Wildman–Crippen MR) is 143 cm³/mol. The van der Waals surface area contributed by atoms with Crippen molar-refractivity contribution >= 4 is 21.8 Å². The van der Waals surface area contributed by atoms with Crippen molar-refractivity contribution in [2.24, 2.45) is 0 Å². The molecule has 0 saturated carbocycles. The van der Waals surface area contributed by atoms with E-state index in [9.17, 15) is 8.78 Å². The van der Waals surface area contributed by atoms with Gasteiger partial charge in [0, 0.05) is 23.8 Å². The molecule has 0 amide bonds. The number of hydrogen-bond acceptors (Lipinski definition) is 2. The second-order valence-corrected chi connectivity index (χ2v) is 10.1. The van der Waals surface area contributed by atoms with E-state index in [0.717, 1.165) is 44.2 Å². The van der Waals surface area contributed by atoms with Crippen LogP contribution in [-0.4, -0.2) is 22.2 Å². The number of alkyl halides is 4. The maximum atomic E-state index is 15.7. The number of hydrogen-bond donors (Lipinski definition) is 1. The molecule has 1 aromatic heterocycles. The molecule has 0 bridgehead atoms. The Labute approximate surface area is 228 Å². The van der Waals surface area contributed by atoms with E-state index < -0.39 is 35.6 Å². The Morgan fingerprint density at radius 1 is 0.700 bits per heavy atom. The number of fused-ring (bicyclic) bond motifs is 3.